The van der Waals surface area contributed by atoms with Crippen molar-refractivity contribution in [2.75, 3.05) is 13.1 Å². The molecule has 4 rings (SSSR count). The van der Waals surface area contributed by atoms with Crippen LogP contribution in [0.2, 0.25) is 5.02 Å². The van der Waals surface area contributed by atoms with Crippen molar-refractivity contribution in [2.45, 2.75) is 18.4 Å². The topological polar surface area (TPSA) is 102 Å². The number of amides is 1. The van der Waals surface area contributed by atoms with Gasteiger partial charge in [0.15, 0.2) is 0 Å². The first-order valence-electron chi connectivity index (χ1n) is 9.37. The fourth-order valence-corrected chi connectivity index (χ4v) is 4.02. The Balaban J connectivity index is 1.53. The van der Waals surface area contributed by atoms with Gasteiger partial charge in [-0.25, -0.2) is 4.98 Å². The SMILES string of the molecule is O=C(c1ccc(-n2ccnc2)c([N+](=O)[O-])c1)N1CC[C@](O)(Cc2cccc(Cl)c2)C1. The van der Waals surface area contributed by atoms with E-state index in [0.29, 0.717) is 30.1 Å². The Morgan fingerprint density at radius 1 is 1.30 bits per heavy atom. The van der Waals surface area contributed by atoms with Gasteiger partial charge in [-0.15, -0.1) is 0 Å². The summed E-state index contributed by atoms with van der Waals surface area (Å²) >= 11 is 6.02. The van der Waals surface area contributed by atoms with Crippen LogP contribution in [0.1, 0.15) is 22.3 Å². The molecule has 2 aromatic carbocycles. The van der Waals surface area contributed by atoms with E-state index in [0.717, 1.165) is 5.56 Å². The van der Waals surface area contributed by atoms with Crippen LogP contribution in [0, 0.1) is 10.1 Å². The average molecular weight is 427 g/mol. The molecule has 1 atom stereocenters. The molecule has 0 saturated carbocycles. The number of aromatic nitrogens is 2. The van der Waals surface area contributed by atoms with E-state index < -0.39 is 10.5 Å². The molecule has 30 heavy (non-hydrogen) atoms. The van der Waals surface area contributed by atoms with Crippen molar-refractivity contribution in [3.8, 4) is 5.69 Å². The number of hydrogen-bond acceptors (Lipinski definition) is 5. The van der Waals surface area contributed by atoms with Crippen molar-refractivity contribution in [2.24, 2.45) is 0 Å². The van der Waals surface area contributed by atoms with Crippen LogP contribution in [-0.2, 0) is 6.42 Å². The minimum absolute atomic E-state index is 0.148. The van der Waals surface area contributed by atoms with E-state index in [1.54, 1.807) is 24.4 Å². The highest BCUT2D eigenvalue weighted by Gasteiger charge is 2.38. The Bertz CT molecular complexity index is 1100. The third-order valence-corrected chi connectivity index (χ3v) is 5.48. The largest absolute Gasteiger partial charge is 0.388 e. The predicted octanol–water partition coefficient (Wildman–Crippen LogP) is 3.25. The molecule has 2 heterocycles. The zero-order chi connectivity index (χ0) is 21.3. The Morgan fingerprint density at radius 3 is 2.83 bits per heavy atom. The van der Waals surface area contributed by atoms with Crippen LogP contribution in [-0.4, -0.2) is 49.1 Å². The number of halogens is 1. The fraction of sp³-hybridized carbons (Fsp3) is 0.238. The smallest absolute Gasteiger partial charge is 0.294 e. The van der Waals surface area contributed by atoms with Crippen molar-refractivity contribution >= 4 is 23.2 Å². The maximum absolute atomic E-state index is 13.0. The van der Waals surface area contributed by atoms with E-state index in [2.05, 4.69) is 4.98 Å². The number of benzene rings is 2. The van der Waals surface area contributed by atoms with Gasteiger partial charge in [-0.1, -0.05) is 23.7 Å². The number of carbonyl (C=O) groups is 1. The van der Waals surface area contributed by atoms with Crippen molar-refractivity contribution in [3.63, 3.8) is 0 Å². The van der Waals surface area contributed by atoms with Gasteiger partial charge in [0.05, 0.1) is 23.4 Å². The molecule has 3 aromatic rings. The number of likely N-dealkylation sites (tertiary alicyclic amines) is 1. The van der Waals surface area contributed by atoms with E-state index >= 15 is 0 Å². The summed E-state index contributed by atoms with van der Waals surface area (Å²) in [5.74, 6) is -0.350. The first kappa shape index (κ1) is 20.1. The second kappa shape index (κ2) is 7.89. The van der Waals surface area contributed by atoms with Gasteiger partial charge in [0.1, 0.15) is 5.69 Å². The molecule has 1 amide bonds. The van der Waals surface area contributed by atoms with Gasteiger partial charge >= 0.3 is 0 Å². The van der Waals surface area contributed by atoms with Gasteiger partial charge in [-0.05, 0) is 36.2 Å². The summed E-state index contributed by atoms with van der Waals surface area (Å²) in [6, 6.07) is 11.6. The molecular formula is C21H19ClN4O4. The average Bonchev–Trinajstić information content (AvgIpc) is 3.37. The zero-order valence-corrected chi connectivity index (χ0v) is 16.7. The molecule has 1 fully saturated rings. The number of rotatable bonds is 5. The van der Waals surface area contributed by atoms with E-state index in [9.17, 15) is 20.0 Å². The standard InChI is InChI=1S/C21H19ClN4O4/c22-17-3-1-2-15(10-17)12-21(28)6-8-24(13-21)20(27)16-4-5-18(19(11-16)26(29)30)25-9-7-23-14-25/h1-5,7,9-11,14,28H,6,8,12-13H2/t21-/m0/s1. The van der Waals surface area contributed by atoms with Gasteiger partial charge in [-0.3, -0.25) is 14.9 Å². The van der Waals surface area contributed by atoms with Crippen LogP contribution < -0.4 is 0 Å². The molecule has 0 radical (unpaired) electrons. The summed E-state index contributed by atoms with van der Waals surface area (Å²) in [6.45, 7) is 0.516. The summed E-state index contributed by atoms with van der Waals surface area (Å²) < 4.78 is 1.52. The van der Waals surface area contributed by atoms with Gasteiger partial charge in [-0.2, -0.15) is 0 Å². The minimum atomic E-state index is -1.07. The number of aliphatic hydroxyl groups is 1. The number of nitro groups is 1. The van der Waals surface area contributed by atoms with E-state index in [1.165, 1.54) is 34.1 Å². The van der Waals surface area contributed by atoms with Crippen molar-refractivity contribution in [1.82, 2.24) is 14.5 Å². The molecule has 0 unspecified atom stereocenters. The van der Waals surface area contributed by atoms with Crippen molar-refractivity contribution < 1.29 is 14.8 Å². The molecule has 0 spiro atoms. The number of nitro benzene ring substituents is 1. The lowest BCUT2D eigenvalue weighted by molar-refractivity contribution is -0.384. The molecule has 1 N–H and O–H groups in total. The summed E-state index contributed by atoms with van der Waals surface area (Å²) in [5, 5.41) is 23.1. The number of β-amino-alcohol motifs (C(OH)–C–C–N with tert-alkyl or cyclic N) is 1. The summed E-state index contributed by atoms with van der Waals surface area (Å²) in [4.78, 5) is 29.4. The Hall–Kier alpha value is -3.23. The third-order valence-electron chi connectivity index (χ3n) is 5.24. The summed E-state index contributed by atoms with van der Waals surface area (Å²) in [6.07, 6.45) is 5.37. The number of carbonyl (C=O) groups excluding carboxylic acids is 1. The van der Waals surface area contributed by atoms with Gasteiger partial charge in [0, 0.05) is 42.0 Å². The van der Waals surface area contributed by atoms with Crippen LogP contribution in [0.3, 0.4) is 0 Å². The molecule has 8 nitrogen and oxygen atoms in total. The maximum atomic E-state index is 13.0. The highest BCUT2D eigenvalue weighted by molar-refractivity contribution is 6.30. The molecule has 0 aliphatic carbocycles. The molecule has 0 bridgehead atoms. The first-order chi connectivity index (χ1) is 14.3. The highest BCUT2D eigenvalue weighted by Crippen LogP contribution is 2.29. The maximum Gasteiger partial charge on any atom is 0.294 e. The molecule has 1 aromatic heterocycles. The Labute approximate surface area is 177 Å². The fourth-order valence-electron chi connectivity index (χ4n) is 3.81. The number of imidazole rings is 1. The monoisotopic (exact) mass is 426 g/mol. The van der Waals surface area contributed by atoms with Crippen molar-refractivity contribution in [1.29, 1.82) is 0 Å². The van der Waals surface area contributed by atoms with Crippen LogP contribution in [0.4, 0.5) is 5.69 Å². The molecule has 9 heteroatoms. The van der Waals surface area contributed by atoms with Crippen LogP contribution in [0.15, 0.2) is 61.2 Å². The van der Waals surface area contributed by atoms with E-state index in [-0.39, 0.29) is 23.7 Å². The van der Waals surface area contributed by atoms with Crippen molar-refractivity contribution in [3.05, 3.63) is 87.4 Å². The number of hydrogen-bond donors (Lipinski definition) is 1. The molecule has 1 aliphatic rings. The second-order valence-electron chi connectivity index (χ2n) is 7.44. The zero-order valence-electron chi connectivity index (χ0n) is 15.9. The Kier molecular flexibility index (Phi) is 5.27. The molecular weight excluding hydrogens is 408 g/mol. The lowest BCUT2D eigenvalue weighted by Gasteiger charge is -2.23. The molecule has 154 valence electrons. The van der Waals surface area contributed by atoms with Gasteiger partial charge in [0.25, 0.3) is 11.6 Å². The lowest BCUT2D eigenvalue weighted by Crippen LogP contribution is -2.37. The molecule has 1 saturated heterocycles. The number of nitrogens with zero attached hydrogens (tertiary/aromatic N) is 4. The van der Waals surface area contributed by atoms with E-state index in [1.807, 2.05) is 12.1 Å². The second-order valence-corrected chi connectivity index (χ2v) is 7.87. The van der Waals surface area contributed by atoms with E-state index in [4.69, 9.17) is 11.6 Å². The van der Waals surface area contributed by atoms with Crippen LogP contribution >= 0.6 is 11.6 Å². The van der Waals surface area contributed by atoms with Crippen LogP contribution in [0.25, 0.3) is 5.69 Å². The van der Waals surface area contributed by atoms with Gasteiger partial charge < -0.3 is 14.6 Å². The Morgan fingerprint density at radius 2 is 2.13 bits per heavy atom. The molecule has 1 aliphatic heterocycles. The first-order valence-corrected chi connectivity index (χ1v) is 9.75. The third kappa shape index (κ3) is 4.05. The summed E-state index contributed by atoms with van der Waals surface area (Å²) in [7, 11) is 0. The highest BCUT2D eigenvalue weighted by atomic mass is 35.5. The summed E-state index contributed by atoms with van der Waals surface area (Å²) in [5.41, 5.74) is 0.167. The normalized spacial score (nSPS) is 18.5. The lowest BCUT2D eigenvalue weighted by atomic mass is 9.94. The quantitative estimate of drug-likeness (QED) is 0.498. The van der Waals surface area contributed by atoms with Gasteiger partial charge in [0.2, 0.25) is 0 Å². The minimum Gasteiger partial charge on any atom is -0.388 e. The van der Waals surface area contributed by atoms with Crippen LogP contribution in [0.5, 0.6) is 0 Å². The predicted molar refractivity (Wildman–Crippen MR) is 111 cm³/mol.